The molecule has 4 heteroatoms. The molecule has 1 aliphatic heterocycles. The molecule has 4 nitrogen and oxygen atoms in total. The van der Waals surface area contributed by atoms with E-state index >= 15 is 0 Å². The molecule has 1 aromatic carbocycles. The van der Waals surface area contributed by atoms with Crippen molar-refractivity contribution in [2.75, 3.05) is 13.7 Å². The molecule has 0 saturated carbocycles. The van der Waals surface area contributed by atoms with Crippen molar-refractivity contribution in [1.29, 1.82) is 5.26 Å². The van der Waals surface area contributed by atoms with Gasteiger partial charge in [-0.05, 0) is 37.0 Å². The number of nitriles is 1. The third-order valence-corrected chi connectivity index (χ3v) is 3.87. The first-order valence-corrected chi connectivity index (χ1v) is 6.99. The minimum absolute atomic E-state index is 0.193. The normalized spacial score (nSPS) is 19.4. The van der Waals surface area contributed by atoms with Crippen LogP contribution in [0.25, 0.3) is 0 Å². The van der Waals surface area contributed by atoms with Crippen LogP contribution < -0.4 is 4.74 Å². The first-order chi connectivity index (χ1) is 9.63. The minimum atomic E-state index is 0.193. The molecule has 1 amide bonds. The van der Waals surface area contributed by atoms with Gasteiger partial charge in [-0.2, -0.15) is 5.26 Å². The van der Waals surface area contributed by atoms with Crippen LogP contribution in [0.4, 0.5) is 0 Å². The molecule has 1 aliphatic rings. The van der Waals surface area contributed by atoms with Crippen molar-refractivity contribution < 1.29 is 9.53 Å². The molecule has 1 aromatic rings. The summed E-state index contributed by atoms with van der Waals surface area (Å²) in [6.07, 6.45) is 2.61. The van der Waals surface area contributed by atoms with E-state index < -0.39 is 0 Å². The third-order valence-electron chi connectivity index (χ3n) is 3.87. The van der Waals surface area contributed by atoms with Crippen molar-refractivity contribution in [2.24, 2.45) is 5.92 Å². The van der Waals surface area contributed by atoms with E-state index in [0.29, 0.717) is 24.4 Å². The zero-order valence-corrected chi connectivity index (χ0v) is 12.1. The second-order valence-electron chi connectivity index (χ2n) is 5.39. The zero-order chi connectivity index (χ0) is 14.5. The summed E-state index contributed by atoms with van der Waals surface area (Å²) in [6.45, 7) is 3.48. The Morgan fingerprint density at radius 1 is 1.45 bits per heavy atom. The number of rotatable bonds is 3. The summed E-state index contributed by atoms with van der Waals surface area (Å²) in [7, 11) is 1.61. The van der Waals surface area contributed by atoms with Gasteiger partial charge in [0.05, 0.1) is 18.7 Å². The maximum absolute atomic E-state index is 12.1. The maximum Gasteiger partial charge on any atom is 0.222 e. The van der Waals surface area contributed by atoms with E-state index in [1.807, 2.05) is 4.90 Å². The van der Waals surface area contributed by atoms with Gasteiger partial charge < -0.3 is 9.64 Å². The van der Waals surface area contributed by atoms with Crippen LogP contribution in [0, 0.1) is 17.2 Å². The van der Waals surface area contributed by atoms with Crippen LogP contribution in [0.1, 0.15) is 37.3 Å². The minimum Gasteiger partial charge on any atom is -0.496 e. The number of carbonyl (C=O) groups excluding carboxylic acids is 1. The summed E-state index contributed by atoms with van der Waals surface area (Å²) in [4.78, 5) is 14.0. The van der Waals surface area contributed by atoms with Gasteiger partial charge in [0.15, 0.2) is 0 Å². The lowest BCUT2D eigenvalue weighted by Crippen LogP contribution is -2.30. The Balaban J connectivity index is 2.19. The fourth-order valence-corrected chi connectivity index (χ4v) is 2.52. The molecule has 0 bridgehead atoms. The largest absolute Gasteiger partial charge is 0.496 e. The summed E-state index contributed by atoms with van der Waals surface area (Å²) >= 11 is 0. The summed E-state index contributed by atoms with van der Waals surface area (Å²) in [5.41, 5.74) is 1.49. The van der Waals surface area contributed by atoms with E-state index in [2.05, 4.69) is 13.0 Å². The predicted molar refractivity (Wildman–Crippen MR) is 76.1 cm³/mol. The number of hydrogen-bond donors (Lipinski definition) is 0. The molecule has 20 heavy (non-hydrogen) atoms. The Morgan fingerprint density at radius 3 is 2.95 bits per heavy atom. The molecule has 2 rings (SSSR count). The van der Waals surface area contributed by atoms with Crippen LogP contribution >= 0.6 is 0 Å². The first-order valence-electron chi connectivity index (χ1n) is 6.99. The quantitative estimate of drug-likeness (QED) is 0.850. The van der Waals surface area contributed by atoms with E-state index in [1.54, 1.807) is 25.3 Å². The molecule has 0 radical (unpaired) electrons. The molecule has 0 aromatic heterocycles. The van der Waals surface area contributed by atoms with Gasteiger partial charge >= 0.3 is 0 Å². The molecule has 1 heterocycles. The van der Waals surface area contributed by atoms with E-state index in [9.17, 15) is 4.79 Å². The number of carbonyl (C=O) groups is 1. The lowest BCUT2D eigenvalue weighted by atomic mass is 10.0. The highest BCUT2D eigenvalue weighted by Gasteiger charge is 2.21. The lowest BCUT2D eigenvalue weighted by Gasteiger charge is -2.22. The molecule has 0 N–H and O–H groups in total. The van der Waals surface area contributed by atoms with Gasteiger partial charge in [0, 0.05) is 25.1 Å². The molecule has 1 unspecified atom stereocenters. The van der Waals surface area contributed by atoms with Crippen molar-refractivity contribution >= 4 is 5.91 Å². The average molecular weight is 272 g/mol. The fourth-order valence-electron chi connectivity index (χ4n) is 2.52. The number of amides is 1. The second kappa shape index (κ2) is 6.42. The lowest BCUT2D eigenvalue weighted by molar-refractivity contribution is -0.131. The number of ether oxygens (including phenoxy) is 1. The van der Waals surface area contributed by atoms with Gasteiger partial charge in [-0.3, -0.25) is 4.79 Å². The van der Waals surface area contributed by atoms with Crippen LogP contribution in [0.3, 0.4) is 0 Å². The summed E-state index contributed by atoms with van der Waals surface area (Å²) < 4.78 is 5.33. The number of nitrogens with zero attached hydrogens (tertiary/aromatic N) is 2. The number of likely N-dealkylation sites (tertiary alicyclic amines) is 1. The molecule has 1 atom stereocenters. The van der Waals surface area contributed by atoms with Crippen LogP contribution in [0.15, 0.2) is 18.2 Å². The highest BCUT2D eigenvalue weighted by Crippen LogP contribution is 2.24. The van der Waals surface area contributed by atoms with E-state index in [0.717, 1.165) is 30.7 Å². The van der Waals surface area contributed by atoms with Crippen LogP contribution in [-0.4, -0.2) is 24.5 Å². The zero-order valence-electron chi connectivity index (χ0n) is 12.1. The summed E-state index contributed by atoms with van der Waals surface area (Å²) in [5.74, 6) is 1.52. The Kier molecular flexibility index (Phi) is 4.62. The van der Waals surface area contributed by atoms with Gasteiger partial charge in [0.1, 0.15) is 5.75 Å². The van der Waals surface area contributed by atoms with Crippen molar-refractivity contribution in [3.63, 3.8) is 0 Å². The molecule has 106 valence electrons. The Labute approximate surface area is 120 Å². The number of methoxy groups -OCH3 is 1. The smallest absolute Gasteiger partial charge is 0.222 e. The van der Waals surface area contributed by atoms with Gasteiger partial charge in [-0.25, -0.2) is 0 Å². The molecule has 1 fully saturated rings. The van der Waals surface area contributed by atoms with Crippen LogP contribution in [0.5, 0.6) is 5.75 Å². The summed E-state index contributed by atoms with van der Waals surface area (Å²) in [5, 5.41) is 8.99. The van der Waals surface area contributed by atoms with E-state index in [4.69, 9.17) is 10.00 Å². The Hall–Kier alpha value is -2.02. The number of benzene rings is 1. The summed E-state index contributed by atoms with van der Waals surface area (Å²) in [6, 6.07) is 7.45. The van der Waals surface area contributed by atoms with E-state index in [-0.39, 0.29) is 5.91 Å². The van der Waals surface area contributed by atoms with Crippen LogP contribution in [0.2, 0.25) is 0 Å². The maximum atomic E-state index is 12.1. The monoisotopic (exact) mass is 272 g/mol. The fraction of sp³-hybridized carbons (Fsp3) is 0.500. The third kappa shape index (κ3) is 3.30. The first kappa shape index (κ1) is 14.4. The topological polar surface area (TPSA) is 53.3 Å². The molecular weight excluding hydrogens is 252 g/mol. The van der Waals surface area contributed by atoms with Crippen molar-refractivity contribution in [1.82, 2.24) is 4.90 Å². The average Bonchev–Trinajstić information content (AvgIpc) is 2.62. The standard InChI is InChI=1S/C16H20N2O2/c1-12-3-6-16(19)18(8-7-12)11-14-9-13(10-17)4-5-15(14)20-2/h4-5,9,12H,3,6-8,11H2,1-2H3. The molecule has 1 saturated heterocycles. The van der Waals surface area contributed by atoms with Crippen molar-refractivity contribution in [3.05, 3.63) is 29.3 Å². The highest BCUT2D eigenvalue weighted by molar-refractivity contribution is 5.76. The van der Waals surface area contributed by atoms with Gasteiger partial charge in [-0.1, -0.05) is 6.92 Å². The Bertz CT molecular complexity index is 534. The number of hydrogen-bond acceptors (Lipinski definition) is 3. The van der Waals surface area contributed by atoms with Gasteiger partial charge in [0.25, 0.3) is 0 Å². The Morgan fingerprint density at radius 2 is 2.25 bits per heavy atom. The predicted octanol–water partition coefficient (Wildman–Crippen LogP) is 2.72. The molecular formula is C16H20N2O2. The molecule has 0 spiro atoms. The SMILES string of the molecule is COc1ccc(C#N)cc1CN1CCC(C)CCC1=O. The second-order valence-corrected chi connectivity index (χ2v) is 5.39. The van der Waals surface area contributed by atoms with Crippen molar-refractivity contribution in [2.45, 2.75) is 32.7 Å². The molecule has 0 aliphatic carbocycles. The van der Waals surface area contributed by atoms with Gasteiger partial charge in [-0.15, -0.1) is 0 Å². The highest BCUT2D eigenvalue weighted by atomic mass is 16.5. The van der Waals surface area contributed by atoms with Gasteiger partial charge in [0.2, 0.25) is 5.91 Å². The van der Waals surface area contributed by atoms with E-state index in [1.165, 1.54) is 0 Å². The van der Waals surface area contributed by atoms with Crippen molar-refractivity contribution in [3.8, 4) is 11.8 Å². The van der Waals surface area contributed by atoms with Crippen LogP contribution in [-0.2, 0) is 11.3 Å².